The molecule has 0 radical (unpaired) electrons. The van der Waals surface area contributed by atoms with E-state index in [2.05, 4.69) is 29.6 Å². The van der Waals surface area contributed by atoms with Crippen LogP contribution in [0.4, 0.5) is 0 Å². The molecule has 17 heavy (non-hydrogen) atoms. The van der Waals surface area contributed by atoms with Crippen LogP contribution < -0.4 is 5.32 Å². The second-order valence-corrected chi connectivity index (χ2v) is 5.66. The van der Waals surface area contributed by atoms with E-state index in [0.717, 1.165) is 13.1 Å². The summed E-state index contributed by atoms with van der Waals surface area (Å²) in [6, 6.07) is 10.7. The van der Waals surface area contributed by atoms with E-state index in [1.54, 1.807) is 12.5 Å². The summed E-state index contributed by atoms with van der Waals surface area (Å²) in [5.74, 6) is 0. The van der Waals surface area contributed by atoms with Gasteiger partial charge in [-0.25, -0.2) is 0 Å². The Balaban J connectivity index is 1.49. The largest absolute Gasteiger partial charge is 0.472 e. The van der Waals surface area contributed by atoms with Crippen molar-refractivity contribution < 1.29 is 4.42 Å². The van der Waals surface area contributed by atoms with Gasteiger partial charge in [-0.05, 0) is 24.1 Å². The van der Waals surface area contributed by atoms with Gasteiger partial charge in [-0.2, -0.15) is 0 Å². The lowest BCUT2D eigenvalue weighted by Gasteiger charge is -2.08. The van der Waals surface area contributed by atoms with Gasteiger partial charge in [-0.3, -0.25) is 0 Å². The number of hydrogen-bond donors (Lipinski definition) is 1. The van der Waals surface area contributed by atoms with Gasteiger partial charge >= 0.3 is 0 Å². The molecular weight excluding hydrogens is 230 g/mol. The lowest BCUT2D eigenvalue weighted by Crippen LogP contribution is -2.23. The fourth-order valence-electron chi connectivity index (χ4n) is 2.14. The van der Waals surface area contributed by atoms with Crippen molar-refractivity contribution in [3.63, 3.8) is 0 Å². The highest BCUT2D eigenvalue weighted by molar-refractivity contribution is 8.00. The molecule has 0 bridgehead atoms. The van der Waals surface area contributed by atoms with Gasteiger partial charge in [0.05, 0.1) is 12.5 Å². The minimum Gasteiger partial charge on any atom is -0.472 e. The van der Waals surface area contributed by atoms with Crippen molar-refractivity contribution in [2.24, 2.45) is 0 Å². The minimum atomic E-state index is 0.666. The first-order valence-electron chi connectivity index (χ1n) is 5.88. The molecule has 0 spiro atoms. The van der Waals surface area contributed by atoms with Crippen LogP contribution in [0.3, 0.4) is 0 Å². The third-order valence-electron chi connectivity index (χ3n) is 3.00. The van der Waals surface area contributed by atoms with Crippen LogP contribution >= 0.6 is 11.8 Å². The van der Waals surface area contributed by atoms with E-state index < -0.39 is 0 Å². The number of hydrogen-bond acceptors (Lipinski definition) is 3. The lowest BCUT2D eigenvalue weighted by atomic mass is 10.1. The van der Waals surface area contributed by atoms with Crippen LogP contribution in [0.2, 0.25) is 0 Å². The van der Waals surface area contributed by atoms with Crippen LogP contribution in [-0.4, -0.2) is 11.8 Å². The summed E-state index contributed by atoms with van der Waals surface area (Å²) >= 11 is 1.99. The lowest BCUT2D eigenvalue weighted by molar-refractivity contribution is 0.560. The van der Waals surface area contributed by atoms with Gasteiger partial charge in [0.1, 0.15) is 0 Å². The highest BCUT2D eigenvalue weighted by atomic mass is 32.2. The van der Waals surface area contributed by atoms with Crippen molar-refractivity contribution in [3.05, 3.63) is 54.0 Å². The Bertz CT molecular complexity index is 456. The second kappa shape index (κ2) is 4.98. The van der Waals surface area contributed by atoms with Crippen molar-refractivity contribution in [1.29, 1.82) is 0 Å². The number of fused-ring (bicyclic) bond motifs is 1. The Morgan fingerprint density at radius 3 is 3.06 bits per heavy atom. The molecule has 1 aromatic heterocycles. The maximum Gasteiger partial charge on any atom is 0.0947 e. The molecule has 2 nitrogen and oxygen atoms in total. The normalized spacial score (nSPS) is 18.2. The molecule has 3 rings (SSSR count). The first-order valence-corrected chi connectivity index (χ1v) is 6.76. The van der Waals surface area contributed by atoms with Gasteiger partial charge < -0.3 is 9.73 Å². The maximum atomic E-state index is 5.04. The molecule has 0 amide bonds. The summed E-state index contributed by atoms with van der Waals surface area (Å²) in [6.45, 7) is 1.94. The zero-order valence-electron chi connectivity index (χ0n) is 9.56. The van der Waals surface area contributed by atoms with Gasteiger partial charge in [0.15, 0.2) is 0 Å². The minimum absolute atomic E-state index is 0.666. The highest BCUT2D eigenvalue weighted by Crippen LogP contribution is 2.36. The molecule has 0 saturated heterocycles. The zero-order valence-corrected chi connectivity index (χ0v) is 10.4. The third-order valence-corrected chi connectivity index (χ3v) is 4.31. The fourth-order valence-corrected chi connectivity index (χ4v) is 3.42. The Hall–Kier alpha value is -1.19. The number of benzene rings is 1. The van der Waals surface area contributed by atoms with Crippen molar-refractivity contribution in [2.45, 2.75) is 23.1 Å². The molecule has 1 atom stereocenters. The van der Waals surface area contributed by atoms with E-state index >= 15 is 0 Å². The Labute approximate surface area is 105 Å². The molecule has 1 N–H and O–H groups in total. The van der Waals surface area contributed by atoms with Crippen molar-refractivity contribution >= 4 is 11.8 Å². The van der Waals surface area contributed by atoms with E-state index in [1.165, 1.54) is 22.4 Å². The fraction of sp³-hybridized carbons (Fsp3) is 0.286. The molecular formula is C14H15NOS. The SMILES string of the molecule is c1ccc2c(c1)CC(CNCc1ccoc1)S2. The molecule has 2 heterocycles. The number of thioether (sulfide) groups is 1. The van der Waals surface area contributed by atoms with Crippen LogP contribution in [-0.2, 0) is 13.0 Å². The van der Waals surface area contributed by atoms with E-state index in [4.69, 9.17) is 4.42 Å². The average Bonchev–Trinajstić information content (AvgIpc) is 2.96. The van der Waals surface area contributed by atoms with Crippen LogP contribution in [0.25, 0.3) is 0 Å². The van der Waals surface area contributed by atoms with Crippen LogP contribution in [0.1, 0.15) is 11.1 Å². The van der Waals surface area contributed by atoms with Crippen molar-refractivity contribution in [1.82, 2.24) is 5.32 Å². The molecule has 0 saturated carbocycles. The predicted octanol–water partition coefficient (Wildman–Crippen LogP) is 3.09. The van der Waals surface area contributed by atoms with Crippen molar-refractivity contribution in [3.8, 4) is 0 Å². The molecule has 3 heteroatoms. The molecule has 2 aromatic rings. The second-order valence-electron chi connectivity index (χ2n) is 4.31. The van der Waals surface area contributed by atoms with E-state index in [-0.39, 0.29) is 0 Å². The molecule has 1 aliphatic rings. The Morgan fingerprint density at radius 1 is 1.29 bits per heavy atom. The van der Waals surface area contributed by atoms with E-state index in [9.17, 15) is 0 Å². The van der Waals surface area contributed by atoms with Gasteiger partial charge in [-0.15, -0.1) is 11.8 Å². The number of furan rings is 1. The van der Waals surface area contributed by atoms with Crippen molar-refractivity contribution in [2.75, 3.05) is 6.54 Å². The molecule has 1 aromatic carbocycles. The van der Waals surface area contributed by atoms with Gasteiger partial charge in [-0.1, -0.05) is 18.2 Å². The average molecular weight is 245 g/mol. The quantitative estimate of drug-likeness (QED) is 0.896. The van der Waals surface area contributed by atoms with Crippen LogP contribution in [0.15, 0.2) is 52.2 Å². The Morgan fingerprint density at radius 2 is 2.24 bits per heavy atom. The monoisotopic (exact) mass is 245 g/mol. The highest BCUT2D eigenvalue weighted by Gasteiger charge is 2.20. The van der Waals surface area contributed by atoms with Gasteiger partial charge in [0, 0.05) is 28.8 Å². The number of rotatable bonds is 4. The molecule has 1 aliphatic heterocycles. The van der Waals surface area contributed by atoms with Gasteiger partial charge in [0.25, 0.3) is 0 Å². The zero-order chi connectivity index (χ0) is 11.5. The summed E-state index contributed by atoms with van der Waals surface area (Å²) in [5, 5.41) is 4.15. The van der Waals surface area contributed by atoms with Crippen LogP contribution in [0, 0.1) is 0 Å². The topological polar surface area (TPSA) is 25.2 Å². The first kappa shape index (κ1) is 10.9. The summed E-state index contributed by atoms with van der Waals surface area (Å²) in [4.78, 5) is 1.45. The molecule has 0 aliphatic carbocycles. The molecule has 0 fully saturated rings. The van der Waals surface area contributed by atoms with Gasteiger partial charge in [0.2, 0.25) is 0 Å². The van der Waals surface area contributed by atoms with E-state index in [1.807, 2.05) is 17.8 Å². The maximum absolute atomic E-state index is 5.04. The molecule has 88 valence electrons. The standard InChI is InChI=1S/C14H15NOS/c1-2-4-14-12(3-1)7-13(17-14)9-15-8-11-5-6-16-10-11/h1-6,10,13,15H,7-9H2. The summed E-state index contributed by atoms with van der Waals surface area (Å²) in [5.41, 5.74) is 2.71. The summed E-state index contributed by atoms with van der Waals surface area (Å²) in [6.07, 6.45) is 4.69. The summed E-state index contributed by atoms with van der Waals surface area (Å²) in [7, 11) is 0. The van der Waals surface area contributed by atoms with E-state index in [0.29, 0.717) is 5.25 Å². The summed E-state index contributed by atoms with van der Waals surface area (Å²) < 4.78 is 5.04. The van der Waals surface area contributed by atoms with Crippen LogP contribution in [0.5, 0.6) is 0 Å². The number of nitrogens with one attached hydrogen (secondary N) is 1. The molecule has 1 unspecified atom stereocenters. The predicted molar refractivity (Wildman–Crippen MR) is 70.2 cm³/mol. The smallest absolute Gasteiger partial charge is 0.0947 e. The first-order chi connectivity index (χ1) is 8.42. The Kier molecular flexibility index (Phi) is 3.20. The third kappa shape index (κ3) is 2.56.